The van der Waals surface area contributed by atoms with Gasteiger partial charge in [-0.15, -0.1) is 0 Å². The number of anilines is 3. The molecule has 4 aromatic carbocycles. The molecule has 0 saturated carbocycles. The van der Waals surface area contributed by atoms with E-state index in [0.29, 0.717) is 19.5 Å². The molecule has 9 nitrogen and oxygen atoms in total. The van der Waals surface area contributed by atoms with E-state index in [2.05, 4.69) is 54.1 Å². The standard InChI is InChI=1S/C44H48BrN3O6Si/c1-28-42(55(3,4)35-19-17-34(53-2)18-20-35)39(25-41(51)46-23-7-9-33(46)27-49)54-44(28)36-24-31(45)14-21-38(36)47(43(44)52)26-29-11-15-32(16-12-29)48-37-10-6-5-8-30(37)13-22-40(48)50/h5-6,8,10-12,14-21,24,28,33,39,42,49H,7,9,13,22-23,25-27H2,1-4H3/t28-,33-,39+,42-,44+/m0/s1. The molecule has 286 valence electrons. The fraction of sp³-hybridized carbons (Fsp3) is 0.386. The highest BCUT2D eigenvalue weighted by Crippen LogP contribution is 2.60. The SMILES string of the molecule is COc1ccc([Si](C)(C)[C@@H]2[C@@H](CC(=O)N3CCC[C@H]3CO)O[C@]3(C(=O)N(Cc4ccc(N5C(=O)CCc6ccccc65)cc4)c4ccc(Br)cc43)[C@H]2C)cc1. The molecule has 1 spiro atoms. The number of likely N-dealkylation sites (tertiary alicyclic amines) is 1. The van der Waals surface area contributed by atoms with Crippen LogP contribution in [0.1, 0.15) is 49.3 Å². The zero-order valence-electron chi connectivity index (χ0n) is 31.8. The number of nitrogens with zero attached hydrogens (tertiary/aromatic N) is 3. The lowest BCUT2D eigenvalue weighted by Crippen LogP contribution is -2.52. The Labute approximate surface area is 332 Å². The monoisotopic (exact) mass is 821 g/mol. The van der Waals surface area contributed by atoms with Crippen molar-refractivity contribution in [1.82, 2.24) is 4.90 Å². The minimum absolute atomic E-state index is 0.0398. The summed E-state index contributed by atoms with van der Waals surface area (Å²) in [6, 6.07) is 29.9. The number of carbonyl (C=O) groups is 3. The van der Waals surface area contributed by atoms with Gasteiger partial charge in [0.15, 0.2) is 5.60 Å². The first-order valence-corrected chi connectivity index (χ1v) is 23.2. The molecular weight excluding hydrogens is 774 g/mol. The molecule has 0 aromatic heterocycles. The first kappa shape index (κ1) is 37.6. The average Bonchev–Trinajstić information content (AvgIpc) is 3.85. The van der Waals surface area contributed by atoms with Crippen LogP contribution >= 0.6 is 15.9 Å². The molecular formula is C44H48BrN3O6Si. The molecule has 5 atom stereocenters. The van der Waals surface area contributed by atoms with Crippen LogP contribution in [0, 0.1) is 5.92 Å². The molecule has 4 aliphatic rings. The lowest BCUT2D eigenvalue weighted by Gasteiger charge is -2.37. The Balaban J connectivity index is 1.15. The maximum atomic E-state index is 15.3. The Morgan fingerprint density at radius 3 is 2.45 bits per heavy atom. The summed E-state index contributed by atoms with van der Waals surface area (Å²) in [5.74, 6) is 0.403. The first-order valence-electron chi connectivity index (χ1n) is 19.3. The van der Waals surface area contributed by atoms with Crippen LogP contribution in [0.5, 0.6) is 5.75 Å². The molecule has 4 aromatic rings. The van der Waals surface area contributed by atoms with Crippen LogP contribution in [0.25, 0.3) is 0 Å². The number of carbonyl (C=O) groups excluding carboxylic acids is 3. The predicted molar refractivity (Wildman–Crippen MR) is 220 cm³/mol. The highest BCUT2D eigenvalue weighted by Gasteiger charge is 2.66. The van der Waals surface area contributed by atoms with Gasteiger partial charge in [-0.05, 0) is 84.5 Å². The first-order chi connectivity index (χ1) is 26.5. The topological polar surface area (TPSA) is 99.6 Å². The number of hydrogen-bond donors (Lipinski definition) is 1. The Hall–Kier alpha value is -4.29. The maximum Gasteiger partial charge on any atom is 0.264 e. The van der Waals surface area contributed by atoms with E-state index in [1.54, 1.807) is 12.0 Å². The number of methoxy groups -OCH3 is 1. The van der Waals surface area contributed by atoms with Gasteiger partial charge in [-0.25, -0.2) is 0 Å². The molecule has 4 heterocycles. The number of fused-ring (bicyclic) bond motifs is 3. The molecule has 55 heavy (non-hydrogen) atoms. The van der Waals surface area contributed by atoms with Crippen LogP contribution in [0.3, 0.4) is 0 Å². The van der Waals surface area contributed by atoms with E-state index in [9.17, 15) is 14.7 Å². The molecule has 1 N–H and O–H groups in total. The van der Waals surface area contributed by atoms with Crippen molar-refractivity contribution in [2.75, 3.05) is 30.1 Å². The molecule has 8 rings (SSSR count). The van der Waals surface area contributed by atoms with Crippen molar-refractivity contribution >= 4 is 64.0 Å². The van der Waals surface area contributed by atoms with Crippen LogP contribution < -0.4 is 19.7 Å². The number of aliphatic hydroxyl groups is 1. The van der Waals surface area contributed by atoms with Gasteiger partial charge < -0.3 is 24.4 Å². The molecule has 0 radical (unpaired) electrons. The normalized spacial score (nSPS) is 24.8. The molecule has 0 aliphatic carbocycles. The van der Waals surface area contributed by atoms with Crippen molar-refractivity contribution in [1.29, 1.82) is 0 Å². The number of para-hydroxylation sites is 1. The number of rotatable bonds is 9. The second-order valence-corrected chi connectivity index (χ2v) is 21.6. The zero-order valence-corrected chi connectivity index (χ0v) is 34.4. The highest BCUT2D eigenvalue weighted by molar-refractivity contribution is 9.10. The van der Waals surface area contributed by atoms with Crippen LogP contribution in [0.2, 0.25) is 18.6 Å². The summed E-state index contributed by atoms with van der Waals surface area (Å²) in [6.07, 6.45) is 2.44. The molecule has 2 fully saturated rings. The van der Waals surface area contributed by atoms with Gasteiger partial charge in [0.2, 0.25) is 11.8 Å². The van der Waals surface area contributed by atoms with E-state index in [-0.39, 0.29) is 48.3 Å². The Bertz CT molecular complexity index is 2130. The summed E-state index contributed by atoms with van der Waals surface area (Å²) in [5.41, 5.74) is 3.97. The minimum Gasteiger partial charge on any atom is -0.497 e. The van der Waals surface area contributed by atoms with Gasteiger partial charge >= 0.3 is 0 Å². The van der Waals surface area contributed by atoms with E-state index >= 15 is 4.79 Å². The fourth-order valence-electron chi connectivity index (χ4n) is 9.93. The molecule has 2 saturated heterocycles. The summed E-state index contributed by atoms with van der Waals surface area (Å²) in [6.45, 7) is 7.62. The van der Waals surface area contributed by atoms with Crippen molar-refractivity contribution in [2.45, 2.75) is 82.0 Å². The minimum atomic E-state index is -2.46. The third-order valence-corrected chi connectivity index (χ3v) is 17.6. The largest absolute Gasteiger partial charge is 0.497 e. The summed E-state index contributed by atoms with van der Waals surface area (Å²) >= 11 is 3.70. The number of benzene rings is 4. The van der Waals surface area contributed by atoms with Gasteiger partial charge in [-0.3, -0.25) is 19.3 Å². The molecule has 0 bridgehead atoms. The van der Waals surface area contributed by atoms with Crippen molar-refractivity contribution < 1.29 is 29.0 Å². The lowest BCUT2D eigenvalue weighted by atomic mass is 9.82. The Kier molecular flexibility index (Phi) is 10.0. The van der Waals surface area contributed by atoms with Gasteiger partial charge in [-0.2, -0.15) is 0 Å². The zero-order chi connectivity index (χ0) is 38.6. The summed E-state index contributed by atoms with van der Waals surface area (Å²) < 4.78 is 13.6. The second-order valence-electron chi connectivity index (χ2n) is 16.0. The van der Waals surface area contributed by atoms with E-state index < -0.39 is 19.8 Å². The van der Waals surface area contributed by atoms with Crippen LogP contribution in [0.15, 0.2) is 95.5 Å². The number of aryl methyl sites for hydroxylation is 1. The maximum absolute atomic E-state index is 15.3. The van der Waals surface area contributed by atoms with Crippen molar-refractivity contribution in [3.63, 3.8) is 0 Å². The van der Waals surface area contributed by atoms with Gasteiger partial charge in [0.05, 0.1) is 58.3 Å². The highest BCUT2D eigenvalue weighted by atomic mass is 79.9. The lowest BCUT2D eigenvalue weighted by molar-refractivity contribution is -0.150. The summed E-state index contributed by atoms with van der Waals surface area (Å²) in [7, 11) is -0.806. The van der Waals surface area contributed by atoms with Crippen LogP contribution in [-0.4, -0.2) is 68.2 Å². The summed E-state index contributed by atoms with van der Waals surface area (Å²) in [5, 5.41) is 11.3. The van der Waals surface area contributed by atoms with Crippen molar-refractivity contribution in [3.05, 3.63) is 112 Å². The Morgan fingerprint density at radius 2 is 1.73 bits per heavy atom. The number of halogens is 1. The van der Waals surface area contributed by atoms with Gasteiger partial charge in [0.1, 0.15) is 5.75 Å². The molecule has 3 amide bonds. The third kappa shape index (κ3) is 6.33. The van der Waals surface area contributed by atoms with Crippen molar-refractivity contribution in [2.24, 2.45) is 5.92 Å². The number of amides is 3. The summed E-state index contributed by atoms with van der Waals surface area (Å²) in [4.78, 5) is 48.0. The Morgan fingerprint density at radius 1 is 0.982 bits per heavy atom. The second kappa shape index (κ2) is 14.7. The van der Waals surface area contributed by atoms with Crippen molar-refractivity contribution in [3.8, 4) is 5.75 Å². The fourth-order valence-corrected chi connectivity index (χ4v) is 14.3. The van der Waals surface area contributed by atoms with Crippen LogP contribution in [0.4, 0.5) is 17.1 Å². The number of aliphatic hydroxyl groups excluding tert-OH is 1. The quantitative estimate of drug-likeness (QED) is 0.180. The number of ether oxygens (including phenoxy) is 2. The van der Waals surface area contributed by atoms with Crippen LogP contribution in [-0.2, 0) is 37.7 Å². The van der Waals surface area contributed by atoms with Gasteiger partial charge in [0, 0.05) is 34.6 Å². The van der Waals surface area contributed by atoms with Gasteiger partial charge in [0.25, 0.3) is 5.91 Å². The molecule has 11 heteroatoms. The van der Waals surface area contributed by atoms with E-state index in [0.717, 1.165) is 63.2 Å². The van der Waals surface area contributed by atoms with E-state index in [4.69, 9.17) is 9.47 Å². The average molecular weight is 823 g/mol. The third-order valence-electron chi connectivity index (χ3n) is 12.7. The molecule has 0 unspecified atom stereocenters. The number of hydrogen-bond acceptors (Lipinski definition) is 6. The van der Waals surface area contributed by atoms with E-state index in [1.807, 2.05) is 82.6 Å². The van der Waals surface area contributed by atoms with Gasteiger partial charge in [-0.1, -0.05) is 83.6 Å². The van der Waals surface area contributed by atoms with E-state index in [1.165, 1.54) is 5.19 Å². The predicted octanol–water partition coefficient (Wildman–Crippen LogP) is 7.20. The smallest absolute Gasteiger partial charge is 0.264 e. The molecule has 4 aliphatic heterocycles.